The van der Waals surface area contributed by atoms with Crippen LogP contribution in [0, 0.1) is 5.82 Å². The first-order chi connectivity index (χ1) is 5.68. The number of ketones is 1. The van der Waals surface area contributed by atoms with Gasteiger partial charge in [0, 0.05) is 0 Å². The maximum absolute atomic E-state index is 12.7. The zero-order valence-electron chi connectivity index (χ0n) is 6.23. The van der Waals surface area contributed by atoms with Gasteiger partial charge in [0.1, 0.15) is 5.82 Å². The smallest absolute Gasteiger partial charge is 0.210 e. The third-order valence-corrected chi connectivity index (χ3v) is 1.79. The molecule has 0 unspecified atom stereocenters. The summed E-state index contributed by atoms with van der Waals surface area (Å²) in [5.74, 6) is -0.636. The van der Waals surface area contributed by atoms with E-state index in [1.165, 1.54) is 18.2 Å². The zero-order chi connectivity index (χ0) is 8.72. The van der Waals surface area contributed by atoms with Crippen molar-refractivity contribution in [1.29, 1.82) is 0 Å². The second kappa shape index (κ2) is 2.17. The van der Waals surface area contributed by atoms with Gasteiger partial charge in [0.05, 0.1) is 16.9 Å². The summed E-state index contributed by atoms with van der Waals surface area (Å²) in [4.78, 5) is 11.2. The van der Waals surface area contributed by atoms with Gasteiger partial charge < -0.3 is 5.32 Å². The van der Waals surface area contributed by atoms with Gasteiger partial charge in [-0.05, 0) is 18.2 Å². The van der Waals surface area contributed by atoms with Gasteiger partial charge in [-0.1, -0.05) is 6.58 Å². The lowest BCUT2D eigenvalue weighted by Crippen LogP contribution is -1.96. The summed E-state index contributed by atoms with van der Waals surface area (Å²) in [6.45, 7) is 3.50. The topological polar surface area (TPSA) is 29.1 Å². The first-order valence-electron chi connectivity index (χ1n) is 3.48. The number of rotatable bonds is 0. The number of hydrogen-bond donors (Lipinski definition) is 1. The number of hydrogen-bond acceptors (Lipinski definition) is 2. The van der Waals surface area contributed by atoms with Crippen molar-refractivity contribution in [2.75, 3.05) is 5.32 Å². The van der Waals surface area contributed by atoms with Crippen LogP contribution in [0.1, 0.15) is 10.4 Å². The molecular weight excluding hydrogens is 157 g/mol. The second-order valence-electron chi connectivity index (χ2n) is 2.62. The molecular formula is C9H6FNO. The number of carbonyl (C=O) groups is 1. The Labute approximate surface area is 68.7 Å². The van der Waals surface area contributed by atoms with Crippen LogP contribution in [0.4, 0.5) is 10.1 Å². The number of allylic oxidation sites excluding steroid dienone is 1. The lowest BCUT2D eigenvalue weighted by atomic mass is 10.1. The van der Waals surface area contributed by atoms with Crippen LogP contribution in [-0.4, -0.2) is 5.78 Å². The van der Waals surface area contributed by atoms with Crippen molar-refractivity contribution < 1.29 is 9.18 Å². The normalized spacial score (nSPS) is 14.4. The van der Waals surface area contributed by atoms with Crippen molar-refractivity contribution in [2.45, 2.75) is 0 Å². The van der Waals surface area contributed by atoms with Gasteiger partial charge in [-0.2, -0.15) is 0 Å². The summed E-state index contributed by atoms with van der Waals surface area (Å²) >= 11 is 0. The third kappa shape index (κ3) is 0.830. The Morgan fingerprint density at radius 2 is 2.17 bits per heavy atom. The molecule has 0 saturated heterocycles. The molecule has 0 atom stereocenters. The van der Waals surface area contributed by atoms with Gasteiger partial charge in [-0.15, -0.1) is 0 Å². The van der Waals surface area contributed by atoms with Crippen LogP contribution in [0.25, 0.3) is 0 Å². The Balaban J connectivity index is 2.63. The zero-order valence-corrected chi connectivity index (χ0v) is 6.23. The van der Waals surface area contributed by atoms with E-state index in [1.54, 1.807) is 0 Å². The van der Waals surface area contributed by atoms with Crippen LogP contribution in [0.5, 0.6) is 0 Å². The van der Waals surface area contributed by atoms with Crippen LogP contribution in [0.15, 0.2) is 30.5 Å². The lowest BCUT2D eigenvalue weighted by molar-refractivity contribution is 0.104. The van der Waals surface area contributed by atoms with E-state index in [-0.39, 0.29) is 5.78 Å². The fourth-order valence-electron chi connectivity index (χ4n) is 1.20. The summed E-state index contributed by atoms with van der Waals surface area (Å²) in [7, 11) is 0. The fraction of sp³-hybridized carbons (Fsp3) is 0. The Morgan fingerprint density at radius 3 is 2.92 bits per heavy atom. The van der Waals surface area contributed by atoms with Gasteiger partial charge in [0.15, 0.2) is 0 Å². The van der Waals surface area contributed by atoms with Crippen molar-refractivity contribution in [1.82, 2.24) is 0 Å². The van der Waals surface area contributed by atoms with Crippen molar-refractivity contribution in [2.24, 2.45) is 0 Å². The number of carbonyl (C=O) groups excluding carboxylic acids is 1. The predicted molar refractivity (Wildman–Crippen MR) is 43.5 cm³/mol. The molecule has 1 N–H and O–H groups in total. The molecule has 2 rings (SSSR count). The van der Waals surface area contributed by atoms with E-state index in [1.807, 2.05) is 0 Å². The van der Waals surface area contributed by atoms with Gasteiger partial charge >= 0.3 is 0 Å². The third-order valence-electron chi connectivity index (χ3n) is 1.79. The monoisotopic (exact) mass is 163 g/mol. The molecule has 1 aromatic rings. The average molecular weight is 163 g/mol. The summed E-state index contributed by atoms with van der Waals surface area (Å²) in [5, 5.41) is 2.76. The number of Topliss-reactive ketones (excluding diaryl/α,β-unsaturated/α-hetero) is 1. The van der Waals surface area contributed by atoms with E-state index in [4.69, 9.17) is 0 Å². The SMILES string of the molecule is C=C1Nc2ccc(F)cc2C1=O. The molecule has 60 valence electrons. The van der Waals surface area contributed by atoms with E-state index in [0.29, 0.717) is 16.9 Å². The molecule has 0 amide bonds. The van der Waals surface area contributed by atoms with Gasteiger partial charge in [0.2, 0.25) is 5.78 Å². The highest BCUT2D eigenvalue weighted by molar-refractivity contribution is 6.17. The van der Waals surface area contributed by atoms with E-state index < -0.39 is 5.82 Å². The maximum atomic E-state index is 12.7. The molecule has 0 bridgehead atoms. The molecule has 0 aromatic heterocycles. The van der Waals surface area contributed by atoms with E-state index in [9.17, 15) is 9.18 Å². The number of fused-ring (bicyclic) bond motifs is 1. The minimum absolute atomic E-state index is 0.232. The van der Waals surface area contributed by atoms with Gasteiger partial charge in [-0.25, -0.2) is 4.39 Å². The molecule has 0 radical (unpaired) electrons. The van der Waals surface area contributed by atoms with Crippen LogP contribution < -0.4 is 5.32 Å². The van der Waals surface area contributed by atoms with Crippen LogP contribution >= 0.6 is 0 Å². The first kappa shape index (κ1) is 7.03. The molecule has 3 heteroatoms. The minimum atomic E-state index is -0.404. The molecule has 0 aliphatic carbocycles. The Bertz CT molecular complexity index is 384. The molecule has 1 aromatic carbocycles. The highest BCUT2D eigenvalue weighted by atomic mass is 19.1. The highest BCUT2D eigenvalue weighted by Gasteiger charge is 2.22. The Hall–Kier alpha value is -1.64. The molecule has 0 saturated carbocycles. The Kier molecular flexibility index (Phi) is 1.27. The first-order valence-corrected chi connectivity index (χ1v) is 3.48. The van der Waals surface area contributed by atoms with E-state index in [2.05, 4.69) is 11.9 Å². The fourth-order valence-corrected chi connectivity index (χ4v) is 1.20. The summed E-state index contributed by atoms with van der Waals surface area (Å²) < 4.78 is 12.7. The van der Waals surface area contributed by atoms with Crippen LogP contribution in [-0.2, 0) is 0 Å². The average Bonchev–Trinajstić information content (AvgIpc) is 2.31. The molecule has 1 aliphatic rings. The number of anilines is 1. The molecule has 0 spiro atoms. The van der Waals surface area contributed by atoms with Gasteiger partial charge in [0.25, 0.3) is 0 Å². The number of benzene rings is 1. The van der Waals surface area contributed by atoms with Crippen LogP contribution in [0.2, 0.25) is 0 Å². The lowest BCUT2D eigenvalue weighted by Gasteiger charge is -1.95. The Morgan fingerprint density at radius 1 is 1.42 bits per heavy atom. The van der Waals surface area contributed by atoms with Crippen molar-refractivity contribution in [3.63, 3.8) is 0 Å². The summed E-state index contributed by atoms with van der Waals surface area (Å²) in [6.07, 6.45) is 0. The number of halogens is 1. The van der Waals surface area contributed by atoms with Crippen molar-refractivity contribution in [3.8, 4) is 0 Å². The predicted octanol–water partition coefficient (Wildman–Crippen LogP) is 1.95. The molecule has 0 fully saturated rings. The van der Waals surface area contributed by atoms with Crippen molar-refractivity contribution in [3.05, 3.63) is 41.9 Å². The maximum Gasteiger partial charge on any atom is 0.210 e. The number of nitrogens with one attached hydrogen (secondary N) is 1. The quantitative estimate of drug-likeness (QED) is 0.592. The van der Waals surface area contributed by atoms with Gasteiger partial charge in [-0.3, -0.25) is 4.79 Å². The van der Waals surface area contributed by atoms with Crippen molar-refractivity contribution >= 4 is 11.5 Å². The largest absolute Gasteiger partial charge is 0.352 e. The molecule has 1 aliphatic heterocycles. The molecule has 12 heavy (non-hydrogen) atoms. The van der Waals surface area contributed by atoms with E-state index >= 15 is 0 Å². The van der Waals surface area contributed by atoms with E-state index in [0.717, 1.165) is 0 Å². The van der Waals surface area contributed by atoms with Crippen LogP contribution in [0.3, 0.4) is 0 Å². The standard InChI is InChI=1S/C9H6FNO/c1-5-9(12)7-4-6(10)2-3-8(7)11-5/h2-4,11H,1H2. The second-order valence-corrected chi connectivity index (χ2v) is 2.62. The highest BCUT2D eigenvalue weighted by Crippen LogP contribution is 2.27. The summed E-state index contributed by atoms with van der Waals surface area (Å²) in [6, 6.07) is 4.04. The summed E-state index contributed by atoms with van der Waals surface area (Å²) in [5.41, 5.74) is 1.29. The molecule has 2 nitrogen and oxygen atoms in total. The molecule has 1 heterocycles. The minimum Gasteiger partial charge on any atom is -0.352 e.